The molecule has 4 nitrogen and oxygen atoms in total. The molecular formula is C16H16N2O2. The van der Waals surface area contributed by atoms with Crippen LogP contribution >= 0.6 is 0 Å². The molecule has 0 radical (unpaired) electrons. The SMILES string of the molecule is CC(C)c1nccn1CC(=O)c1coc2ccccc12. The highest BCUT2D eigenvalue weighted by atomic mass is 16.3. The summed E-state index contributed by atoms with van der Waals surface area (Å²) in [5, 5.41) is 0.865. The first kappa shape index (κ1) is 12.7. The number of para-hydroxylation sites is 1. The molecule has 0 amide bonds. The Hall–Kier alpha value is -2.36. The zero-order valence-corrected chi connectivity index (χ0v) is 11.5. The Morgan fingerprint density at radius 2 is 2.15 bits per heavy atom. The Bertz CT molecular complexity index is 753. The van der Waals surface area contributed by atoms with E-state index in [0.717, 1.165) is 16.8 Å². The van der Waals surface area contributed by atoms with Gasteiger partial charge in [-0.1, -0.05) is 32.0 Å². The zero-order chi connectivity index (χ0) is 14.1. The van der Waals surface area contributed by atoms with Crippen LogP contribution in [0, 0.1) is 0 Å². The molecule has 0 saturated carbocycles. The van der Waals surface area contributed by atoms with Gasteiger partial charge < -0.3 is 8.98 Å². The number of Topliss-reactive ketones (excluding diaryl/α,β-unsaturated/α-hetero) is 1. The molecule has 0 fully saturated rings. The van der Waals surface area contributed by atoms with Crippen molar-refractivity contribution in [3.63, 3.8) is 0 Å². The maximum Gasteiger partial charge on any atom is 0.186 e. The van der Waals surface area contributed by atoms with Crippen LogP contribution in [0.2, 0.25) is 0 Å². The van der Waals surface area contributed by atoms with Gasteiger partial charge in [-0.3, -0.25) is 4.79 Å². The highest BCUT2D eigenvalue weighted by Crippen LogP contribution is 2.22. The van der Waals surface area contributed by atoms with Gasteiger partial charge in [0.2, 0.25) is 0 Å². The van der Waals surface area contributed by atoms with E-state index in [9.17, 15) is 4.79 Å². The molecule has 2 aromatic heterocycles. The van der Waals surface area contributed by atoms with Crippen LogP contribution in [0.25, 0.3) is 11.0 Å². The Kier molecular flexibility index (Phi) is 3.14. The van der Waals surface area contributed by atoms with E-state index in [1.807, 2.05) is 35.0 Å². The van der Waals surface area contributed by atoms with E-state index in [1.54, 1.807) is 12.5 Å². The van der Waals surface area contributed by atoms with E-state index in [2.05, 4.69) is 18.8 Å². The fraction of sp³-hybridized carbons (Fsp3) is 0.250. The predicted octanol–water partition coefficient (Wildman–Crippen LogP) is 3.64. The van der Waals surface area contributed by atoms with Gasteiger partial charge in [-0.05, 0) is 6.07 Å². The Morgan fingerprint density at radius 3 is 2.95 bits per heavy atom. The number of carbonyl (C=O) groups excluding carboxylic acids is 1. The van der Waals surface area contributed by atoms with Gasteiger partial charge in [-0.15, -0.1) is 0 Å². The molecule has 0 aliphatic rings. The lowest BCUT2D eigenvalue weighted by Crippen LogP contribution is -2.13. The Morgan fingerprint density at radius 1 is 1.35 bits per heavy atom. The summed E-state index contributed by atoms with van der Waals surface area (Å²) in [6.45, 7) is 4.42. The van der Waals surface area contributed by atoms with Crippen molar-refractivity contribution in [3.8, 4) is 0 Å². The van der Waals surface area contributed by atoms with Crippen LogP contribution in [0.3, 0.4) is 0 Å². The number of nitrogens with zero attached hydrogens (tertiary/aromatic N) is 2. The average molecular weight is 268 g/mol. The Balaban J connectivity index is 1.91. The molecule has 0 saturated heterocycles. The third kappa shape index (κ3) is 2.13. The third-order valence-corrected chi connectivity index (χ3v) is 3.36. The molecule has 4 heteroatoms. The first-order valence-corrected chi connectivity index (χ1v) is 6.67. The van der Waals surface area contributed by atoms with E-state index >= 15 is 0 Å². The van der Waals surface area contributed by atoms with Crippen molar-refractivity contribution in [3.05, 3.63) is 54.3 Å². The smallest absolute Gasteiger partial charge is 0.186 e. The minimum atomic E-state index is 0.0369. The number of benzene rings is 1. The molecule has 0 aliphatic carbocycles. The van der Waals surface area contributed by atoms with Crippen molar-refractivity contribution < 1.29 is 9.21 Å². The van der Waals surface area contributed by atoms with Crippen LogP contribution in [-0.4, -0.2) is 15.3 Å². The van der Waals surface area contributed by atoms with Gasteiger partial charge in [0.25, 0.3) is 0 Å². The van der Waals surface area contributed by atoms with E-state index in [1.165, 1.54) is 0 Å². The van der Waals surface area contributed by atoms with Crippen molar-refractivity contribution >= 4 is 16.8 Å². The van der Waals surface area contributed by atoms with Gasteiger partial charge >= 0.3 is 0 Å². The van der Waals surface area contributed by atoms with Crippen molar-refractivity contribution in [2.24, 2.45) is 0 Å². The van der Waals surface area contributed by atoms with Crippen molar-refractivity contribution in [2.75, 3.05) is 0 Å². The first-order chi connectivity index (χ1) is 9.66. The number of ketones is 1. The van der Waals surface area contributed by atoms with Gasteiger partial charge in [0.1, 0.15) is 17.7 Å². The maximum absolute atomic E-state index is 12.5. The van der Waals surface area contributed by atoms with Gasteiger partial charge in [0.15, 0.2) is 5.78 Å². The second-order valence-electron chi connectivity index (χ2n) is 5.14. The summed E-state index contributed by atoms with van der Waals surface area (Å²) >= 11 is 0. The van der Waals surface area contributed by atoms with E-state index in [0.29, 0.717) is 11.5 Å². The summed E-state index contributed by atoms with van der Waals surface area (Å²) in [5.74, 6) is 1.25. The molecule has 3 rings (SSSR count). The number of hydrogen-bond donors (Lipinski definition) is 0. The molecule has 0 N–H and O–H groups in total. The standard InChI is InChI=1S/C16H16N2O2/c1-11(2)16-17-7-8-18(16)9-14(19)13-10-20-15-6-4-3-5-12(13)15/h3-8,10-11H,9H2,1-2H3. The van der Waals surface area contributed by atoms with Crippen molar-refractivity contribution in [2.45, 2.75) is 26.3 Å². The predicted molar refractivity (Wildman–Crippen MR) is 76.9 cm³/mol. The molecule has 1 aromatic carbocycles. The fourth-order valence-corrected chi connectivity index (χ4v) is 2.39. The molecule has 0 atom stereocenters. The van der Waals surface area contributed by atoms with Crippen LogP contribution < -0.4 is 0 Å². The van der Waals surface area contributed by atoms with Crippen molar-refractivity contribution in [1.82, 2.24) is 9.55 Å². The van der Waals surface area contributed by atoms with Crippen molar-refractivity contribution in [1.29, 1.82) is 0 Å². The molecule has 2 heterocycles. The van der Waals surface area contributed by atoms with Crippen LogP contribution in [0.1, 0.15) is 35.9 Å². The molecular weight excluding hydrogens is 252 g/mol. The number of rotatable bonds is 4. The lowest BCUT2D eigenvalue weighted by Gasteiger charge is -2.08. The summed E-state index contributed by atoms with van der Waals surface area (Å²) in [6, 6.07) is 7.57. The summed E-state index contributed by atoms with van der Waals surface area (Å²) < 4.78 is 7.32. The summed E-state index contributed by atoms with van der Waals surface area (Å²) in [6.07, 6.45) is 5.12. The molecule has 102 valence electrons. The van der Waals surface area contributed by atoms with Crippen LogP contribution in [0.15, 0.2) is 47.3 Å². The number of hydrogen-bond acceptors (Lipinski definition) is 3. The summed E-state index contributed by atoms with van der Waals surface area (Å²) in [5.41, 5.74) is 1.37. The van der Waals surface area contributed by atoms with Crippen LogP contribution in [-0.2, 0) is 6.54 Å². The summed E-state index contributed by atoms with van der Waals surface area (Å²) in [4.78, 5) is 16.8. The topological polar surface area (TPSA) is 48.0 Å². The summed E-state index contributed by atoms with van der Waals surface area (Å²) in [7, 11) is 0. The lowest BCUT2D eigenvalue weighted by atomic mass is 10.1. The van der Waals surface area contributed by atoms with E-state index in [4.69, 9.17) is 4.42 Å². The van der Waals surface area contributed by atoms with E-state index < -0.39 is 0 Å². The number of aromatic nitrogens is 2. The lowest BCUT2D eigenvalue weighted by molar-refractivity contribution is 0.0971. The minimum Gasteiger partial charge on any atom is -0.464 e. The second-order valence-corrected chi connectivity index (χ2v) is 5.14. The number of carbonyl (C=O) groups is 1. The number of furan rings is 1. The van der Waals surface area contributed by atoms with Gasteiger partial charge in [0, 0.05) is 23.7 Å². The maximum atomic E-state index is 12.5. The highest BCUT2D eigenvalue weighted by Gasteiger charge is 2.16. The van der Waals surface area contributed by atoms with E-state index in [-0.39, 0.29) is 12.3 Å². The highest BCUT2D eigenvalue weighted by molar-refractivity contribution is 6.06. The fourth-order valence-electron chi connectivity index (χ4n) is 2.39. The molecule has 0 unspecified atom stereocenters. The van der Waals surface area contributed by atoms with Crippen LogP contribution in [0.4, 0.5) is 0 Å². The van der Waals surface area contributed by atoms with Gasteiger partial charge in [-0.25, -0.2) is 4.98 Å². The average Bonchev–Trinajstić information content (AvgIpc) is 3.04. The monoisotopic (exact) mass is 268 g/mol. The van der Waals surface area contributed by atoms with Gasteiger partial charge in [0.05, 0.1) is 12.1 Å². The minimum absolute atomic E-state index is 0.0369. The second kappa shape index (κ2) is 4.96. The largest absolute Gasteiger partial charge is 0.464 e. The normalized spacial score (nSPS) is 11.3. The molecule has 20 heavy (non-hydrogen) atoms. The third-order valence-electron chi connectivity index (χ3n) is 3.36. The first-order valence-electron chi connectivity index (χ1n) is 6.67. The zero-order valence-electron chi connectivity index (χ0n) is 11.5. The molecule has 0 aliphatic heterocycles. The quantitative estimate of drug-likeness (QED) is 0.679. The Labute approximate surface area is 117 Å². The molecule has 3 aromatic rings. The molecule has 0 spiro atoms. The number of fused-ring (bicyclic) bond motifs is 1. The molecule has 0 bridgehead atoms. The number of imidazole rings is 1. The van der Waals surface area contributed by atoms with Gasteiger partial charge in [-0.2, -0.15) is 0 Å². The van der Waals surface area contributed by atoms with Crippen LogP contribution in [0.5, 0.6) is 0 Å².